The van der Waals surface area contributed by atoms with Crippen LogP contribution in [0.4, 0.5) is 16.3 Å². The number of hydrogen-bond acceptors (Lipinski definition) is 3. The first-order valence-electron chi connectivity index (χ1n) is 11.7. The van der Waals surface area contributed by atoms with Gasteiger partial charge in [0.1, 0.15) is 12.4 Å². The minimum absolute atomic E-state index is 0.0807. The van der Waals surface area contributed by atoms with Crippen molar-refractivity contribution in [2.75, 3.05) is 17.2 Å². The topological polar surface area (TPSA) is 79.3 Å². The second-order valence-electron chi connectivity index (χ2n) is 9.62. The minimum atomic E-state index is -0.307. The third kappa shape index (κ3) is 6.04. The van der Waals surface area contributed by atoms with Gasteiger partial charge < -0.3 is 15.5 Å². The van der Waals surface area contributed by atoms with Gasteiger partial charge in [-0.15, -0.1) is 0 Å². The van der Waals surface area contributed by atoms with Gasteiger partial charge in [0.25, 0.3) is 0 Å². The Morgan fingerprint density at radius 3 is 2.26 bits per heavy atom. The summed E-state index contributed by atoms with van der Waals surface area (Å²) in [7, 11) is 0. The lowest BCUT2D eigenvalue weighted by atomic mass is 9.92. The summed E-state index contributed by atoms with van der Waals surface area (Å²) in [6.07, 6.45) is 0.804. The normalized spacial score (nSPS) is 11.4. The van der Waals surface area contributed by atoms with Crippen LogP contribution in [0.2, 0.25) is 0 Å². The number of nitrogens with one attached hydrogen (secondary N) is 2. The van der Waals surface area contributed by atoms with Crippen LogP contribution in [0.15, 0.2) is 60.7 Å². The highest BCUT2D eigenvalue weighted by Crippen LogP contribution is 2.26. The van der Waals surface area contributed by atoms with E-state index in [9.17, 15) is 9.59 Å². The first-order valence-corrected chi connectivity index (χ1v) is 11.7. The van der Waals surface area contributed by atoms with Crippen molar-refractivity contribution in [1.82, 2.24) is 14.7 Å². The van der Waals surface area contributed by atoms with Crippen LogP contribution in [0.1, 0.15) is 52.8 Å². The highest BCUT2D eigenvalue weighted by Gasteiger charge is 2.24. The van der Waals surface area contributed by atoms with E-state index in [-0.39, 0.29) is 29.9 Å². The average Bonchev–Trinajstić information content (AvgIpc) is 3.22. The fraction of sp³-hybridized carbons (Fsp3) is 0.370. The number of rotatable bonds is 7. The number of urea groups is 1. The van der Waals surface area contributed by atoms with Crippen LogP contribution in [0.25, 0.3) is 5.69 Å². The first kappa shape index (κ1) is 25.0. The Morgan fingerprint density at radius 2 is 1.65 bits per heavy atom. The molecule has 0 saturated heterocycles. The molecule has 0 saturated carbocycles. The number of amides is 3. The van der Waals surface area contributed by atoms with E-state index < -0.39 is 0 Å². The molecule has 1 aromatic heterocycles. The smallest absolute Gasteiger partial charge is 0.313 e. The molecule has 3 rings (SSSR count). The molecule has 0 unspecified atom stereocenters. The summed E-state index contributed by atoms with van der Waals surface area (Å²) in [5.41, 5.74) is 3.34. The van der Waals surface area contributed by atoms with Gasteiger partial charge in [-0.1, -0.05) is 64.1 Å². The third-order valence-corrected chi connectivity index (χ3v) is 5.58. The zero-order valence-corrected chi connectivity index (χ0v) is 20.9. The molecule has 34 heavy (non-hydrogen) atoms. The largest absolute Gasteiger partial charge is 0.322 e. The molecule has 1 heterocycles. The lowest BCUT2D eigenvalue weighted by Crippen LogP contribution is -2.44. The maximum atomic E-state index is 13.1. The highest BCUT2D eigenvalue weighted by atomic mass is 16.2. The van der Waals surface area contributed by atoms with E-state index in [1.165, 1.54) is 4.90 Å². The predicted octanol–water partition coefficient (Wildman–Crippen LogP) is 5.61. The van der Waals surface area contributed by atoms with E-state index in [1.807, 2.05) is 81.4 Å². The second kappa shape index (κ2) is 10.5. The van der Waals surface area contributed by atoms with Crippen molar-refractivity contribution in [3.05, 3.63) is 71.9 Å². The van der Waals surface area contributed by atoms with Crippen LogP contribution >= 0.6 is 0 Å². The number of aryl methyl sites for hydroxylation is 1. The molecule has 180 valence electrons. The van der Waals surface area contributed by atoms with Gasteiger partial charge >= 0.3 is 6.03 Å². The standard InChI is InChI=1S/C27H35N5O2/c1-7-20-13-11-12-16-22(20)28-26(34)31(19(2)3)18-25(33)29-24-17-23(27(4,5)6)30-32(24)21-14-9-8-10-15-21/h8-17,19H,7,18H2,1-6H3,(H,28,34)(H,29,33). The van der Waals surface area contributed by atoms with E-state index in [1.54, 1.807) is 4.68 Å². The SMILES string of the molecule is CCc1ccccc1NC(=O)N(CC(=O)Nc1cc(C(C)(C)C)nn1-c1ccccc1)C(C)C. The molecule has 3 amide bonds. The van der Waals surface area contributed by atoms with Crippen LogP contribution in [0, 0.1) is 0 Å². The lowest BCUT2D eigenvalue weighted by Gasteiger charge is -2.27. The highest BCUT2D eigenvalue weighted by molar-refractivity contribution is 5.97. The molecule has 0 fully saturated rings. The summed E-state index contributed by atoms with van der Waals surface area (Å²) in [6, 6.07) is 18.8. The van der Waals surface area contributed by atoms with Crippen molar-refractivity contribution in [2.24, 2.45) is 0 Å². The van der Waals surface area contributed by atoms with Crippen LogP contribution in [0.3, 0.4) is 0 Å². The van der Waals surface area contributed by atoms with Crippen molar-refractivity contribution in [3.8, 4) is 5.69 Å². The zero-order chi connectivity index (χ0) is 24.9. The Labute approximate surface area is 202 Å². The van der Waals surface area contributed by atoms with E-state index in [0.717, 1.165) is 29.1 Å². The number of carbonyl (C=O) groups excluding carboxylic acids is 2. The number of nitrogens with zero attached hydrogens (tertiary/aromatic N) is 3. The predicted molar refractivity (Wildman–Crippen MR) is 138 cm³/mol. The number of para-hydroxylation sites is 2. The maximum absolute atomic E-state index is 13.1. The van der Waals surface area contributed by atoms with E-state index in [4.69, 9.17) is 5.10 Å². The third-order valence-electron chi connectivity index (χ3n) is 5.58. The van der Waals surface area contributed by atoms with Crippen LogP contribution < -0.4 is 10.6 Å². The fourth-order valence-corrected chi connectivity index (χ4v) is 3.57. The summed E-state index contributed by atoms with van der Waals surface area (Å²) >= 11 is 0. The lowest BCUT2D eigenvalue weighted by molar-refractivity contribution is -0.117. The Morgan fingerprint density at radius 1 is 1.00 bits per heavy atom. The molecule has 0 atom stereocenters. The summed E-state index contributed by atoms with van der Waals surface area (Å²) in [6.45, 7) is 12.0. The van der Waals surface area contributed by atoms with Crippen molar-refractivity contribution >= 4 is 23.4 Å². The van der Waals surface area contributed by atoms with E-state index in [2.05, 4.69) is 31.4 Å². The Bertz CT molecular complexity index is 1130. The molecule has 0 aliphatic heterocycles. The van der Waals surface area contributed by atoms with Gasteiger partial charge in [-0.25, -0.2) is 9.48 Å². The molecule has 0 aliphatic carbocycles. The van der Waals surface area contributed by atoms with Crippen molar-refractivity contribution in [1.29, 1.82) is 0 Å². The Hall–Kier alpha value is -3.61. The summed E-state index contributed by atoms with van der Waals surface area (Å²) in [5, 5.41) is 10.7. The van der Waals surface area contributed by atoms with Gasteiger partial charge in [-0.05, 0) is 44.0 Å². The Balaban J connectivity index is 1.80. The number of aromatic nitrogens is 2. The Kier molecular flexibility index (Phi) is 7.76. The molecular weight excluding hydrogens is 426 g/mol. The molecular formula is C27H35N5O2. The monoisotopic (exact) mass is 461 g/mol. The van der Waals surface area contributed by atoms with Gasteiger partial charge in [0.05, 0.1) is 11.4 Å². The van der Waals surface area contributed by atoms with Gasteiger partial charge in [0.15, 0.2) is 0 Å². The van der Waals surface area contributed by atoms with Gasteiger partial charge in [-0.3, -0.25) is 4.79 Å². The number of carbonyl (C=O) groups is 2. The molecule has 2 N–H and O–H groups in total. The molecule has 2 aromatic carbocycles. The van der Waals surface area contributed by atoms with Crippen molar-refractivity contribution < 1.29 is 9.59 Å². The molecule has 0 bridgehead atoms. The molecule has 7 nitrogen and oxygen atoms in total. The number of hydrogen-bond donors (Lipinski definition) is 2. The summed E-state index contributed by atoms with van der Waals surface area (Å²) < 4.78 is 1.73. The summed E-state index contributed by atoms with van der Waals surface area (Å²) in [4.78, 5) is 27.7. The van der Waals surface area contributed by atoms with Gasteiger partial charge in [0, 0.05) is 23.2 Å². The molecule has 0 spiro atoms. The van der Waals surface area contributed by atoms with Gasteiger partial charge in [-0.2, -0.15) is 5.10 Å². The van der Waals surface area contributed by atoms with Crippen molar-refractivity contribution in [3.63, 3.8) is 0 Å². The first-order chi connectivity index (χ1) is 16.1. The summed E-state index contributed by atoms with van der Waals surface area (Å²) in [5.74, 6) is 0.284. The van der Waals surface area contributed by atoms with Crippen LogP contribution in [0.5, 0.6) is 0 Å². The van der Waals surface area contributed by atoms with Crippen LogP contribution in [-0.2, 0) is 16.6 Å². The minimum Gasteiger partial charge on any atom is -0.313 e. The molecule has 7 heteroatoms. The van der Waals surface area contributed by atoms with Crippen LogP contribution in [-0.4, -0.2) is 39.2 Å². The molecule has 0 radical (unpaired) electrons. The molecule has 0 aliphatic rings. The quantitative estimate of drug-likeness (QED) is 0.480. The number of benzene rings is 2. The van der Waals surface area contributed by atoms with E-state index in [0.29, 0.717) is 5.82 Å². The second-order valence-corrected chi connectivity index (χ2v) is 9.62. The molecule has 3 aromatic rings. The number of anilines is 2. The van der Waals surface area contributed by atoms with E-state index >= 15 is 0 Å². The zero-order valence-electron chi connectivity index (χ0n) is 20.9. The average molecular weight is 462 g/mol. The van der Waals surface area contributed by atoms with Gasteiger partial charge in [0.2, 0.25) is 5.91 Å². The van der Waals surface area contributed by atoms with Crippen molar-refractivity contribution in [2.45, 2.75) is 59.4 Å². The maximum Gasteiger partial charge on any atom is 0.322 e. The fourth-order valence-electron chi connectivity index (χ4n) is 3.57.